The highest BCUT2D eigenvalue weighted by molar-refractivity contribution is 7.92. The number of ether oxygens (including phenoxy) is 2. The summed E-state index contributed by atoms with van der Waals surface area (Å²) >= 11 is 0. The molecule has 0 aliphatic rings. The summed E-state index contributed by atoms with van der Waals surface area (Å²) in [6.45, 7) is 1.54. The largest absolute Gasteiger partial charge is 0.497 e. The van der Waals surface area contributed by atoms with Gasteiger partial charge in [0.15, 0.2) is 6.61 Å². The molecule has 30 heavy (non-hydrogen) atoms. The van der Waals surface area contributed by atoms with Crippen molar-refractivity contribution >= 4 is 27.6 Å². The van der Waals surface area contributed by atoms with E-state index in [2.05, 4.69) is 20.0 Å². The second kappa shape index (κ2) is 9.23. The highest BCUT2D eigenvalue weighted by Crippen LogP contribution is 2.18. The molecule has 0 fully saturated rings. The number of amides is 1. The number of carbonyl (C=O) groups is 1. The molecule has 0 saturated carbocycles. The van der Waals surface area contributed by atoms with E-state index in [1.54, 1.807) is 44.4 Å². The SMILES string of the molecule is COc1ccc(OCC(=O)Nc2ccc(S(=O)(=O)Nc3nccc(C)n3)cc2)cc1. The Kier molecular flexibility index (Phi) is 6.48. The Morgan fingerprint density at radius 2 is 1.67 bits per heavy atom. The number of sulfonamides is 1. The molecule has 0 saturated heterocycles. The average Bonchev–Trinajstić information content (AvgIpc) is 2.73. The van der Waals surface area contributed by atoms with Crippen LogP contribution in [0.5, 0.6) is 11.5 Å². The van der Waals surface area contributed by atoms with Crippen molar-refractivity contribution in [1.82, 2.24) is 9.97 Å². The summed E-state index contributed by atoms with van der Waals surface area (Å²) in [4.78, 5) is 20.0. The first-order valence-electron chi connectivity index (χ1n) is 8.85. The van der Waals surface area contributed by atoms with Crippen molar-refractivity contribution in [3.8, 4) is 11.5 Å². The summed E-state index contributed by atoms with van der Waals surface area (Å²) in [5, 5.41) is 2.64. The molecule has 0 unspecified atom stereocenters. The molecule has 9 nitrogen and oxygen atoms in total. The lowest BCUT2D eigenvalue weighted by Crippen LogP contribution is -2.20. The smallest absolute Gasteiger partial charge is 0.264 e. The molecule has 0 aliphatic heterocycles. The number of rotatable bonds is 8. The van der Waals surface area contributed by atoms with Crippen LogP contribution in [-0.2, 0) is 14.8 Å². The number of anilines is 2. The summed E-state index contributed by atoms with van der Waals surface area (Å²) in [6, 6.07) is 14.2. The van der Waals surface area contributed by atoms with Gasteiger partial charge in [-0.1, -0.05) is 0 Å². The third-order valence-corrected chi connectivity index (χ3v) is 5.24. The number of carbonyl (C=O) groups excluding carboxylic acids is 1. The van der Waals surface area contributed by atoms with E-state index in [1.807, 2.05) is 0 Å². The van der Waals surface area contributed by atoms with E-state index in [-0.39, 0.29) is 23.4 Å². The fourth-order valence-electron chi connectivity index (χ4n) is 2.41. The Labute approximate surface area is 174 Å². The van der Waals surface area contributed by atoms with Gasteiger partial charge < -0.3 is 14.8 Å². The maximum absolute atomic E-state index is 12.4. The van der Waals surface area contributed by atoms with Gasteiger partial charge in [-0.2, -0.15) is 0 Å². The monoisotopic (exact) mass is 428 g/mol. The van der Waals surface area contributed by atoms with E-state index in [0.29, 0.717) is 22.9 Å². The normalized spacial score (nSPS) is 10.9. The first-order chi connectivity index (χ1) is 14.4. The van der Waals surface area contributed by atoms with E-state index in [1.165, 1.54) is 30.5 Å². The molecule has 0 bridgehead atoms. The molecule has 1 heterocycles. The number of benzene rings is 2. The topological polar surface area (TPSA) is 120 Å². The Hall–Kier alpha value is -3.66. The molecule has 0 atom stereocenters. The van der Waals surface area contributed by atoms with Crippen molar-refractivity contribution in [1.29, 1.82) is 0 Å². The number of nitrogens with zero attached hydrogens (tertiary/aromatic N) is 2. The lowest BCUT2D eigenvalue weighted by Gasteiger charge is -2.10. The molecule has 1 amide bonds. The van der Waals surface area contributed by atoms with Crippen molar-refractivity contribution in [3.05, 3.63) is 66.5 Å². The molecule has 3 aromatic rings. The third kappa shape index (κ3) is 5.67. The molecule has 10 heteroatoms. The Morgan fingerprint density at radius 1 is 1.00 bits per heavy atom. The quantitative estimate of drug-likeness (QED) is 0.566. The van der Waals surface area contributed by atoms with Crippen LogP contribution in [-0.4, -0.2) is 38.0 Å². The number of methoxy groups -OCH3 is 1. The van der Waals surface area contributed by atoms with Crippen LogP contribution < -0.4 is 19.5 Å². The standard InChI is InChI=1S/C20H20N4O5S/c1-14-11-12-21-20(22-14)24-30(26,27)18-9-3-15(4-10-18)23-19(25)13-29-17-7-5-16(28-2)6-8-17/h3-12H,13H2,1-2H3,(H,23,25)(H,21,22,24). The lowest BCUT2D eigenvalue weighted by atomic mass is 10.3. The summed E-state index contributed by atoms with van der Waals surface area (Å²) in [6.07, 6.45) is 1.47. The molecule has 2 aromatic carbocycles. The van der Waals surface area contributed by atoms with Gasteiger partial charge in [0.2, 0.25) is 5.95 Å². The van der Waals surface area contributed by atoms with Crippen LogP contribution in [0.25, 0.3) is 0 Å². The van der Waals surface area contributed by atoms with Crippen LogP contribution in [0, 0.1) is 6.92 Å². The van der Waals surface area contributed by atoms with Crippen LogP contribution in [0.2, 0.25) is 0 Å². The molecule has 3 rings (SSSR count). The zero-order valence-electron chi connectivity index (χ0n) is 16.3. The van der Waals surface area contributed by atoms with Gasteiger partial charge in [-0.05, 0) is 61.5 Å². The zero-order valence-corrected chi connectivity index (χ0v) is 17.1. The molecule has 1 aromatic heterocycles. The zero-order chi connectivity index (χ0) is 21.6. The van der Waals surface area contributed by atoms with E-state index in [9.17, 15) is 13.2 Å². The van der Waals surface area contributed by atoms with Crippen LogP contribution in [0.3, 0.4) is 0 Å². The van der Waals surface area contributed by atoms with Crippen LogP contribution >= 0.6 is 0 Å². The van der Waals surface area contributed by atoms with Gasteiger partial charge in [-0.15, -0.1) is 0 Å². The summed E-state index contributed by atoms with van der Waals surface area (Å²) in [5.74, 6) is 0.817. The minimum atomic E-state index is -3.85. The van der Waals surface area contributed by atoms with E-state index < -0.39 is 10.0 Å². The number of hydrogen-bond acceptors (Lipinski definition) is 7. The second-order valence-electron chi connectivity index (χ2n) is 6.16. The van der Waals surface area contributed by atoms with Gasteiger partial charge in [-0.25, -0.2) is 23.1 Å². The summed E-state index contributed by atoms with van der Waals surface area (Å²) < 4.78 is 37.7. The van der Waals surface area contributed by atoms with E-state index >= 15 is 0 Å². The predicted octanol–water partition coefficient (Wildman–Crippen LogP) is 2.61. The number of aromatic nitrogens is 2. The van der Waals surface area contributed by atoms with Crippen molar-refractivity contribution in [2.75, 3.05) is 23.8 Å². The second-order valence-corrected chi connectivity index (χ2v) is 7.85. The molecular formula is C20H20N4O5S. The Morgan fingerprint density at radius 3 is 2.30 bits per heavy atom. The van der Waals surface area contributed by atoms with Crippen LogP contribution in [0.15, 0.2) is 65.7 Å². The van der Waals surface area contributed by atoms with Crippen LogP contribution in [0.1, 0.15) is 5.69 Å². The molecule has 2 N–H and O–H groups in total. The van der Waals surface area contributed by atoms with Gasteiger partial charge in [0.25, 0.3) is 15.9 Å². The predicted molar refractivity (Wildman–Crippen MR) is 111 cm³/mol. The minimum absolute atomic E-state index is 0.0111. The maximum Gasteiger partial charge on any atom is 0.264 e. The van der Waals surface area contributed by atoms with E-state index in [0.717, 1.165) is 0 Å². The number of nitrogens with one attached hydrogen (secondary N) is 2. The molecular weight excluding hydrogens is 408 g/mol. The first kappa shape index (κ1) is 21.1. The van der Waals surface area contributed by atoms with Gasteiger partial charge in [0.05, 0.1) is 12.0 Å². The molecule has 0 aliphatic carbocycles. The molecule has 0 radical (unpaired) electrons. The fraction of sp³-hybridized carbons (Fsp3) is 0.150. The summed E-state index contributed by atoms with van der Waals surface area (Å²) in [7, 11) is -2.29. The minimum Gasteiger partial charge on any atom is -0.497 e. The van der Waals surface area contributed by atoms with Gasteiger partial charge in [-0.3, -0.25) is 4.79 Å². The Balaban J connectivity index is 1.57. The third-order valence-electron chi connectivity index (χ3n) is 3.90. The molecule has 0 spiro atoms. The highest BCUT2D eigenvalue weighted by Gasteiger charge is 2.16. The number of aryl methyl sites for hydroxylation is 1. The first-order valence-corrected chi connectivity index (χ1v) is 10.3. The average molecular weight is 428 g/mol. The van der Waals surface area contributed by atoms with E-state index in [4.69, 9.17) is 9.47 Å². The van der Waals surface area contributed by atoms with Crippen molar-refractivity contribution in [3.63, 3.8) is 0 Å². The Bertz CT molecular complexity index is 1120. The van der Waals surface area contributed by atoms with Crippen molar-refractivity contribution in [2.45, 2.75) is 11.8 Å². The summed E-state index contributed by atoms with van der Waals surface area (Å²) in [5.41, 5.74) is 1.07. The van der Waals surface area contributed by atoms with Crippen molar-refractivity contribution < 1.29 is 22.7 Å². The maximum atomic E-state index is 12.4. The van der Waals surface area contributed by atoms with Gasteiger partial charge in [0.1, 0.15) is 11.5 Å². The lowest BCUT2D eigenvalue weighted by molar-refractivity contribution is -0.118. The molecule has 156 valence electrons. The number of hydrogen-bond donors (Lipinski definition) is 2. The van der Waals surface area contributed by atoms with Gasteiger partial charge in [0, 0.05) is 17.6 Å². The van der Waals surface area contributed by atoms with Crippen LogP contribution in [0.4, 0.5) is 11.6 Å². The highest BCUT2D eigenvalue weighted by atomic mass is 32.2. The van der Waals surface area contributed by atoms with Crippen molar-refractivity contribution in [2.24, 2.45) is 0 Å². The van der Waals surface area contributed by atoms with Gasteiger partial charge >= 0.3 is 0 Å². The fourth-order valence-corrected chi connectivity index (χ4v) is 3.36.